The van der Waals surface area contributed by atoms with Gasteiger partial charge in [-0.15, -0.1) is 0 Å². The third kappa shape index (κ3) is 10.3. The minimum Gasteiger partial charge on any atom is -0.354 e. The first kappa shape index (κ1) is 19.9. The molecule has 0 aliphatic carbocycles. The summed E-state index contributed by atoms with van der Waals surface area (Å²) in [5, 5.41) is 5.45. The minimum atomic E-state index is -0.133. The molecule has 124 valence electrons. The van der Waals surface area contributed by atoms with Crippen LogP contribution in [-0.2, 0) is 9.59 Å². The Kier molecular flexibility index (Phi) is 9.26. The lowest BCUT2D eigenvalue weighted by Crippen LogP contribution is -2.38. The summed E-state index contributed by atoms with van der Waals surface area (Å²) in [5.74, 6) is 0.629. The van der Waals surface area contributed by atoms with Crippen LogP contribution in [0.3, 0.4) is 0 Å². The van der Waals surface area contributed by atoms with Gasteiger partial charge < -0.3 is 16.4 Å². The van der Waals surface area contributed by atoms with Gasteiger partial charge in [-0.25, -0.2) is 0 Å². The van der Waals surface area contributed by atoms with E-state index < -0.39 is 0 Å². The highest BCUT2D eigenvalue weighted by molar-refractivity contribution is 5.84. The zero-order chi connectivity index (χ0) is 16.5. The molecule has 0 saturated carbocycles. The number of rotatable bonds is 9. The van der Waals surface area contributed by atoms with Crippen molar-refractivity contribution in [1.82, 2.24) is 10.6 Å². The summed E-state index contributed by atoms with van der Waals surface area (Å²) in [6, 6.07) is 0. The second-order valence-electron chi connectivity index (χ2n) is 7.15. The maximum Gasteiger partial charge on any atom is 0.239 e. The monoisotopic (exact) mass is 299 g/mol. The van der Waals surface area contributed by atoms with Crippen molar-refractivity contribution >= 4 is 11.8 Å². The van der Waals surface area contributed by atoms with Crippen LogP contribution in [0.1, 0.15) is 53.9 Å². The highest BCUT2D eigenvalue weighted by atomic mass is 16.2. The van der Waals surface area contributed by atoms with Crippen LogP contribution < -0.4 is 16.4 Å². The van der Waals surface area contributed by atoms with Crippen molar-refractivity contribution in [2.45, 2.75) is 53.9 Å². The summed E-state index contributed by atoms with van der Waals surface area (Å²) >= 11 is 0. The number of amides is 2. The molecule has 1 atom stereocenters. The van der Waals surface area contributed by atoms with Crippen LogP contribution in [0.2, 0.25) is 0 Å². The molecule has 0 aromatic heterocycles. The molecule has 2 amide bonds. The predicted octanol–water partition coefficient (Wildman–Crippen LogP) is 1.67. The number of carbonyl (C=O) groups is 2. The first-order valence-electron chi connectivity index (χ1n) is 7.90. The van der Waals surface area contributed by atoms with Crippen molar-refractivity contribution in [2.24, 2.45) is 23.0 Å². The van der Waals surface area contributed by atoms with E-state index in [-0.39, 0.29) is 23.8 Å². The van der Waals surface area contributed by atoms with Crippen LogP contribution in [0.4, 0.5) is 0 Å². The number of hydrogen-bond acceptors (Lipinski definition) is 3. The predicted molar refractivity (Wildman–Crippen MR) is 86.7 cm³/mol. The Balaban J connectivity index is 4.00. The summed E-state index contributed by atoms with van der Waals surface area (Å²) in [5.41, 5.74) is 5.78. The average molecular weight is 299 g/mol. The fourth-order valence-corrected chi connectivity index (χ4v) is 2.16. The maximum atomic E-state index is 11.8. The Morgan fingerprint density at radius 2 is 1.67 bits per heavy atom. The maximum absolute atomic E-state index is 11.8. The smallest absolute Gasteiger partial charge is 0.239 e. The average Bonchev–Trinajstić information content (AvgIpc) is 2.37. The molecule has 0 saturated heterocycles. The zero-order valence-electron chi connectivity index (χ0n) is 14.3. The van der Waals surface area contributed by atoms with Gasteiger partial charge in [-0.1, -0.05) is 34.6 Å². The summed E-state index contributed by atoms with van der Waals surface area (Å²) in [7, 11) is 0. The van der Waals surface area contributed by atoms with Crippen molar-refractivity contribution in [1.29, 1.82) is 0 Å². The van der Waals surface area contributed by atoms with Crippen LogP contribution >= 0.6 is 0 Å². The van der Waals surface area contributed by atoms with Gasteiger partial charge in [0, 0.05) is 13.0 Å². The van der Waals surface area contributed by atoms with Gasteiger partial charge in [0.1, 0.15) is 0 Å². The second kappa shape index (κ2) is 9.77. The van der Waals surface area contributed by atoms with Crippen LogP contribution in [0.15, 0.2) is 0 Å². The van der Waals surface area contributed by atoms with Gasteiger partial charge in [-0.3, -0.25) is 9.59 Å². The SMILES string of the molecule is CC(C)CNC(=O)CNC(=O)CCC(CCN)C(C)(C)C. The van der Waals surface area contributed by atoms with Crippen molar-refractivity contribution in [3.8, 4) is 0 Å². The fourth-order valence-electron chi connectivity index (χ4n) is 2.16. The quantitative estimate of drug-likeness (QED) is 0.605. The van der Waals surface area contributed by atoms with E-state index in [2.05, 4.69) is 31.4 Å². The van der Waals surface area contributed by atoms with Crippen LogP contribution in [0, 0.1) is 17.3 Å². The molecule has 5 heteroatoms. The molecule has 0 aromatic carbocycles. The Hall–Kier alpha value is -1.10. The summed E-state index contributed by atoms with van der Waals surface area (Å²) < 4.78 is 0. The molecule has 4 N–H and O–H groups in total. The van der Waals surface area contributed by atoms with Gasteiger partial charge in [-0.05, 0) is 36.6 Å². The lowest BCUT2D eigenvalue weighted by molar-refractivity contribution is -0.126. The Morgan fingerprint density at radius 1 is 1.05 bits per heavy atom. The minimum absolute atomic E-state index is 0.0582. The fraction of sp³-hybridized carbons (Fsp3) is 0.875. The van der Waals surface area contributed by atoms with E-state index in [9.17, 15) is 9.59 Å². The van der Waals surface area contributed by atoms with E-state index in [4.69, 9.17) is 5.73 Å². The number of nitrogens with two attached hydrogens (primary N) is 1. The number of hydrogen-bond donors (Lipinski definition) is 3. The van der Waals surface area contributed by atoms with Gasteiger partial charge in [0.05, 0.1) is 6.54 Å². The Morgan fingerprint density at radius 3 is 2.14 bits per heavy atom. The molecule has 5 nitrogen and oxygen atoms in total. The van der Waals surface area contributed by atoms with Gasteiger partial charge in [0.2, 0.25) is 11.8 Å². The second-order valence-corrected chi connectivity index (χ2v) is 7.15. The highest BCUT2D eigenvalue weighted by Crippen LogP contribution is 2.31. The molecule has 0 spiro atoms. The summed E-state index contributed by atoms with van der Waals surface area (Å²) in [6.07, 6.45) is 2.17. The van der Waals surface area contributed by atoms with Gasteiger partial charge in [-0.2, -0.15) is 0 Å². The third-order valence-electron chi connectivity index (χ3n) is 3.61. The van der Waals surface area contributed by atoms with Crippen molar-refractivity contribution in [3.05, 3.63) is 0 Å². The van der Waals surface area contributed by atoms with E-state index in [1.54, 1.807) is 0 Å². The molecular weight excluding hydrogens is 266 g/mol. The lowest BCUT2D eigenvalue weighted by atomic mass is 9.76. The molecule has 0 aliphatic heterocycles. The Labute approximate surface area is 129 Å². The molecule has 0 radical (unpaired) electrons. The molecule has 0 bridgehead atoms. The molecule has 0 aromatic rings. The zero-order valence-corrected chi connectivity index (χ0v) is 14.3. The highest BCUT2D eigenvalue weighted by Gasteiger charge is 2.24. The summed E-state index contributed by atoms with van der Waals surface area (Å²) in [4.78, 5) is 23.3. The van der Waals surface area contributed by atoms with E-state index in [0.717, 1.165) is 12.8 Å². The van der Waals surface area contributed by atoms with Gasteiger partial charge in [0.15, 0.2) is 0 Å². The van der Waals surface area contributed by atoms with Crippen LogP contribution in [-0.4, -0.2) is 31.4 Å². The van der Waals surface area contributed by atoms with E-state index in [1.165, 1.54) is 0 Å². The van der Waals surface area contributed by atoms with Gasteiger partial charge in [0.25, 0.3) is 0 Å². The molecule has 0 aliphatic rings. The number of carbonyl (C=O) groups excluding carboxylic acids is 2. The van der Waals surface area contributed by atoms with Crippen molar-refractivity contribution in [2.75, 3.05) is 19.6 Å². The van der Waals surface area contributed by atoms with Crippen molar-refractivity contribution < 1.29 is 9.59 Å². The molecule has 21 heavy (non-hydrogen) atoms. The standard InChI is InChI=1S/C16H33N3O2/c1-12(2)10-18-15(21)11-19-14(20)7-6-13(8-9-17)16(3,4)5/h12-13H,6-11,17H2,1-5H3,(H,18,21)(H,19,20). The topological polar surface area (TPSA) is 84.2 Å². The molecule has 0 heterocycles. The normalized spacial score (nSPS) is 13.1. The first-order valence-corrected chi connectivity index (χ1v) is 7.90. The molecule has 0 rings (SSSR count). The Bertz CT molecular complexity index is 322. The molecular formula is C16H33N3O2. The van der Waals surface area contributed by atoms with E-state index in [1.807, 2.05) is 13.8 Å². The van der Waals surface area contributed by atoms with Crippen LogP contribution in [0.25, 0.3) is 0 Å². The van der Waals surface area contributed by atoms with E-state index >= 15 is 0 Å². The van der Waals surface area contributed by atoms with Crippen LogP contribution in [0.5, 0.6) is 0 Å². The molecule has 1 unspecified atom stereocenters. The molecule has 0 fully saturated rings. The third-order valence-corrected chi connectivity index (χ3v) is 3.61. The number of nitrogens with one attached hydrogen (secondary N) is 2. The first-order chi connectivity index (χ1) is 9.66. The largest absolute Gasteiger partial charge is 0.354 e. The van der Waals surface area contributed by atoms with Gasteiger partial charge >= 0.3 is 0 Å². The summed E-state index contributed by atoms with van der Waals surface area (Å²) in [6.45, 7) is 11.9. The lowest BCUT2D eigenvalue weighted by Gasteiger charge is -2.30. The van der Waals surface area contributed by atoms with E-state index in [0.29, 0.717) is 31.3 Å². The van der Waals surface area contributed by atoms with Crippen molar-refractivity contribution in [3.63, 3.8) is 0 Å².